The van der Waals surface area contributed by atoms with Crippen LogP contribution in [-0.4, -0.2) is 27.6 Å². The van der Waals surface area contributed by atoms with Crippen molar-refractivity contribution in [3.8, 4) is 5.75 Å². The smallest absolute Gasteiger partial charge is 0.293 e. The van der Waals surface area contributed by atoms with E-state index in [0.29, 0.717) is 28.4 Å². The topological polar surface area (TPSA) is 89.8 Å². The molecule has 1 aliphatic heterocycles. The molecular weight excluding hydrogens is 448 g/mol. The van der Waals surface area contributed by atoms with E-state index in [1.807, 2.05) is 19.1 Å². The second-order valence-electron chi connectivity index (χ2n) is 5.81. The Labute approximate surface area is 173 Å². The molecule has 28 heavy (non-hydrogen) atoms. The number of hydrogen-bond acceptors (Lipinski definition) is 6. The van der Waals surface area contributed by atoms with Gasteiger partial charge in [0.2, 0.25) is 0 Å². The summed E-state index contributed by atoms with van der Waals surface area (Å²) in [5.74, 6) is 0.212. The molecule has 1 heterocycles. The summed E-state index contributed by atoms with van der Waals surface area (Å²) in [5, 5.41) is 10.4. The number of carbonyl (C=O) groups is 2. The highest BCUT2D eigenvalue weighted by atomic mass is 79.9. The Hall–Kier alpha value is -2.65. The molecule has 9 heteroatoms. The lowest BCUT2D eigenvalue weighted by Crippen LogP contribution is -2.27. The molecule has 144 valence electrons. The van der Waals surface area contributed by atoms with Gasteiger partial charge in [-0.05, 0) is 48.5 Å². The lowest BCUT2D eigenvalue weighted by molar-refractivity contribution is -0.384. The number of amides is 2. The molecule has 3 rings (SSSR count). The molecule has 0 aliphatic carbocycles. The first-order chi connectivity index (χ1) is 13.4. The standard InChI is InChI=1S/C19H15BrN2O5S/c1-2-27-16-8-5-14(20)9-13(16)10-17-18(23)21(19(24)28-17)11-12-3-6-15(7-4-12)22(25)26/h3-10H,2,11H2,1H3/b17-10-. The van der Waals surface area contributed by atoms with Crippen LogP contribution in [0.5, 0.6) is 5.75 Å². The van der Waals surface area contributed by atoms with Crippen molar-refractivity contribution >= 4 is 50.6 Å². The number of ether oxygens (including phenoxy) is 1. The number of benzene rings is 2. The molecule has 1 fully saturated rings. The molecule has 1 aliphatic rings. The van der Waals surface area contributed by atoms with Gasteiger partial charge in [0.05, 0.1) is 23.0 Å². The molecule has 0 N–H and O–H groups in total. The van der Waals surface area contributed by atoms with Crippen LogP contribution in [0.2, 0.25) is 0 Å². The van der Waals surface area contributed by atoms with Crippen LogP contribution in [-0.2, 0) is 11.3 Å². The number of hydrogen-bond donors (Lipinski definition) is 0. The van der Waals surface area contributed by atoms with E-state index in [4.69, 9.17) is 4.74 Å². The van der Waals surface area contributed by atoms with Crippen molar-refractivity contribution in [1.82, 2.24) is 4.90 Å². The van der Waals surface area contributed by atoms with E-state index < -0.39 is 10.8 Å². The molecule has 0 aromatic heterocycles. The van der Waals surface area contributed by atoms with Crippen LogP contribution >= 0.6 is 27.7 Å². The molecule has 0 spiro atoms. The zero-order chi connectivity index (χ0) is 20.3. The number of halogens is 1. The summed E-state index contributed by atoms with van der Waals surface area (Å²) in [4.78, 5) is 36.7. The SMILES string of the molecule is CCOc1ccc(Br)cc1/C=C1\SC(=O)N(Cc2ccc([N+](=O)[O-])cc2)C1=O. The van der Waals surface area contributed by atoms with E-state index in [1.54, 1.807) is 12.1 Å². The minimum atomic E-state index is -0.499. The first-order valence-corrected chi connectivity index (χ1v) is 9.91. The van der Waals surface area contributed by atoms with Crippen LogP contribution < -0.4 is 4.74 Å². The summed E-state index contributed by atoms with van der Waals surface area (Å²) in [6, 6.07) is 11.2. The Morgan fingerprint density at radius 1 is 1.21 bits per heavy atom. The molecular formula is C19H15BrN2O5S. The molecule has 0 atom stereocenters. The first kappa shape index (κ1) is 20.1. The van der Waals surface area contributed by atoms with Gasteiger partial charge in [0.15, 0.2) is 0 Å². The Balaban J connectivity index is 1.82. The first-order valence-electron chi connectivity index (χ1n) is 8.30. The van der Waals surface area contributed by atoms with Gasteiger partial charge < -0.3 is 4.74 Å². The van der Waals surface area contributed by atoms with Crippen LogP contribution in [0.4, 0.5) is 10.5 Å². The predicted octanol–water partition coefficient (Wildman–Crippen LogP) is 4.99. The van der Waals surface area contributed by atoms with Gasteiger partial charge in [0.25, 0.3) is 16.8 Å². The van der Waals surface area contributed by atoms with E-state index in [0.717, 1.165) is 21.1 Å². The minimum absolute atomic E-state index is 0.0455. The summed E-state index contributed by atoms with van der Waals surface area (Å²) >= 11 is 4.25. The van der Waals surface area contributed by atoms with Gasteiger partial charge >= 0.3 is 0 Å². The Kier molecular flexibility index (Phi) is 6.15. The quantitative estimate of drug-likeness (QED) is 0.341. The fourth-order valence-electron chi connectivity index (χ4n) is 2.60. The minimum Gasteiger partial charge on any atom is -0.493 e. The van der Waals surface area contributed by atoms with E-state index >= 15 is 0 Å². The third-order valence-electron chi connectivity index (χ3n) is 3.92. The van der Waals surface area contributed by atoms with Gasteiger partial charge in [0.1, 0.15) is 5.75 Å². The zero-order valence-electron chi connectivity index (χ0n) is 14.8. The monoisotopic (exact) mass is 462 g/mol. The molecule has 0 unspecified atom stereocenters. The van der Waals surface area contributed by atoms with Crippen LogP contribution in [0.25, 0.3) is 6.08 Å². The van der Waals surface area contributed by atoms with Crippen molar-refractivity contribution in [2.24, 2.45) is 0 Å². The summed E-state index contributed by atoms with van der Waals surface area (Å²) in [7, 11) is 0. The van der Waals surface area contributed by atoms with E-state index in [1.165, 1.54) is 24.3 Å². The Bertz CT molecular complexity index is 975. The van der Waals surface area contributed by atoms with E-state index in [9.17, 15) is 19.7 Å². The van der Waals surface area contributed by atoms with Gasteiger partial charge in [-0.3, -0.25) is 24.6 Å². The summed E-state index contributed by atoms with van der Waals surface area (Å²) < 4.78 is 6.40. The highest BCUT2D eigenvalue weighted by Gasteiger charge is 2.35. The number of nitro groups is 1. The maximum absolute atomic E-state index is 12.7. The van der Waals surface area contributed by atoms with E-state index in [2.05, 4.69) is 15.9 Å². The fourth-order valence-corrected chi connectivity index (χ4v) is 3.81. The molecule has 0 saturated carbocycles. The van der Waals surface area contributed by atoms with Crippen molar-refractivity contribution in [2.75, 3.05) is 6.61 Å². The zero-order valence-corrected chi connectivity index (χ0v) is 17.2. The molecule has 2 amide bonds. The van der Waals surface area contributed by atoms with Crippen molar-refractivity contribution < 1.29 is 19.2 Å². The predicted molar refractivity (Wildman–Crippen MR) is 110 cm³/mol. The number of carbonyl (C=O) groups excluding carboxylic acids is 2. The maximum Gasteiger partial charge on any atom is 0.293 e. The van der Waals surface area contributed by atoms with Crippen LogP contribution in [0.1, 0.15) is 18.1 Å². The third kappa shape index (κ3) is 4.42. The summed E-state index contributed by atoms with van der Waals surface area (Å²) in [6.45, 7) is 2.39. The van der Waals surface area contributed by atoms with Gasteiger partial charge in [0, 0.05) is 22.2 Å². The highest BCUT2D eigenvalue weighted by Crippen LogP contribution is 2.35. The number of thioether (sulfide) groups is 1. The van der Waals surface area contributed by atoms with Gasteiger partial charge in [-0.15, -0.1) is 0 Å². The number of nitro benzene ring substituents is 1. The number of nitrogens with zero attached hydrogens (tertiary/aromatic N) is 2. The maximum atomic E-state index is 12.7. The molecule has 2 aromatic rings. The van der Waals surface area contributed by atoms with Crippen molar-refractivity contribution in [1.29, 1.82) is 0 Å². The average molecular weight is 463 g/mol. The molecule has 1 saturated heterocycles. The van der Waals surface area contributed by atoms with Crippen LogP contribution in [0.3, 0.4) is 0 Å². The van der Waals surface area contributed by atoms with Crippen molar-refractivity contribution in [2.45, 2.75) is 13.5 Å². The van der Waals surface area contributed by atoms with Crippen molar-refractivity contribution in [3.63, 3.8) is 0 Å². The second kappa shape index (κ2) is 8.57. The third-order valence-corrected chi connectivity index (χ3v) is 5.32. The van der Waals surface area contributed by atoms with Gasteiger partial charge in [-0.1, -0.05) is 28.1 Å². The van der Waals surface area contributed by atoms with Gasteiger partial charge in [-0.2, -0.15) is 0 Å². The van der Waals surface area contributed by atoms with Crippen LogP contribution in [0.15, 0.2) is 51.8 Å². The number of imide groups is 1. The fraction of sp³-hybridized carbons (Fsp3) is 0.158. The molecule has 0 bridgehead atoms. The molecule has 7 nitrogen and oxygen atoms in total. The summed E-state index contributed by atoms with van der Waals surface area (Å²) in [5.41, 5.74) is 1.28. The largest absolute Gasteiger partial charge is 0.493 e. The van der Waals surface area contributed by atoms with Crippen LogP contribution in [0, 0.1) is 10.1 Å². The average Bonchev–Trinajstić information content (AvgIpc) is 2.92. The van der Waals surface area contributed by atoms with Gasteiger partial charge in [-0.25, -0.2) is 0 Å². The highest BCUT2D eigenvalue weighted by molar-refractivity contribution is 9.10. The Morgan fingerprint density at radius 2 is 1.93 bits per heavy atom. The lowest BCUT2D eigenvalue weighted by Gasteiger charge is -2.12. The molecule has 2 aromatic carbocycles. The summed E-state index contributed by atoms with van der Waals surface area (Å²) in [6.07, 6.45) is 1.64. The molecule has 0 radical (unpaired) electrons. The second-order valence-corrected chi connectivity index (χ2v) is 7.72. The normalized spacial score (nSPS) is 15.4. The number of non-ortho nitro benzene ring substituents is 1. The number of rotatable bonds is 6. The van der Waals surface area contributed by atoms with E-state index in [-0.39, 0.29) is 17.5 Å². The van der Waals surface area contributed by atoms with Crippen molar-refractivity contribution in [3.05, 3.63) is 73.1 Å². The Morgan fingerprint density at radius 3 is 2.57 bits per heavy atom. The lowest BCUT2D eigenvalue weighted by atomic mass is 10.1.